The number of hydrogen-bond acceptors (Lipinski definition) is 3. The van der Waals surface area contributed by atoms with E-state index in [0.717, 1.165) is 4.47 Å². The first-order valence-electron chi connectivity index (χ1n) is 6.49. The molecule has 6 heteroatoms. The average Bonchev–Trinajstić information content (AvgIpc) is 2.39. The Morgan fingerprint density at radius 2 is 1.85 bits per heavy atom. The van der Waals surface area contributed by atoms with Gasteiger partial charge in [-0.2, -0.15) is 0 Å². The van der Waals surface area contributed by atoms with Crippen molar-refractivity contribution in [2.24, 2.45) is 0 Å². The molecule has 1 aromatic rings. The van der Waals surface area contributed by atoms with Crippen molar-refractivity contribution in [2.75, 3.05) is 13.2 Å². The topological polar surface area (TPSA) is 35.5 Å². The van der Waals surface area contributed by atoms with Crippen LogP contribution in [0.3, 0.4) is 0 Å². The molecule has 112 valence electrons. The molecule has 0 radical (unpaired) electrons. The summed E-state index contributed by atoms with van der Waals surface area (Å²) in [5.74, 6) is 1.60. The van der Waals surface area contributed by atoms with Gasteiger partial charge in [-0.3, -0.25) is 0 Å². The van der Waals surface area contributed by atoms with Gasteiger partial charge in [0.15, 0.2) is 0 Å². The fourth-order valence-electron chi connectivity index (χ4n) is 1.46. The van der Waals surface area contributed by atoms with Crippen molar-refractivity contribution in [1.29, 1.82) is 0 Å². The standard InChI is InChI=1S/C14H20ClO3PSe/c1-4-17-19(16,18-5-2)11-14(12(3)15)20-13-9-7-6-8-10-13/h6-12H,4-5H2,1-3H3/b14-11-. The van der Waals surface area contributed by atoms with Crippen molar-refractivity contribution in [3.63, 3.8) is 0 Å². The Labute approximate surface area is 132 Å². The van der Waals surface area contributed by atoms with E-state index in [4.69, 9.17) is 20.6 Å². The van der Waals surface area contributed by atoms with Crippen LogP contribution >= 0.6 is 19.2 Å². The molecule has 0 aromatic heterocycles. The van der Waals surface area contributed by atoms with Gasteiger partial charge in [-0.25, -0.2) is 0 Å². The third-order valence-electron chi connectivity index (χ3n) is 2.27. The Hall–Kier alpha value is -0.0805. The molecule has 0 N–H and O–H groups in total. The van der Waals surface area contributed by atoms with E-state index < -0.39 is 7.60 Å². The van der Waals surface area contributed by atoms with E-state index in [9.17, 15) is 4.57 Å². The van der Waals surface area contributed by atoms with E-state index in [1.807, 2.05) is 37.3 Å². The molecular weight excluding hydrogens is 362 g/mol. The van der Waals surface area contributed by atoms with E-state index >= 15 is 0 Å². The van der Waals surface area contributed by atoms with Crippen LogP contribution in [-0.4, -0.2) is 33.5 Å². The zero-order valence-electron chi connectivity index (χ0n) is 11.9. The molecule has 0 saturated heterocycles. The first-order chi connectivity index (χ1) is 9.50. The second-order valence-electron chi connectivity index (χ2n) is 3.94. The third-order valence-corrected chi connectivity index (χ3v) is 7.58. The van der Waals surface area contributed by atoms with Gasteiger partial charge in [0, 0.05) is 0 Å². The van der Waals surface area contributed by atoms with E-state index in [1.165, 1.54) is 4.46 Å². The van der Waals surface area contributed by atoms with E-state index in [-0.39, 0.29) is 20.3 Å². The summed E-state index contributed by atoms with van der Waals surface area (Å²) >= 11 is 6.22. The Morgan fingerprint density at radius 1 is 1.30 bits per heavy atom. The zero-order valence-corrected chi connectivity index (χ0v) is 15.3. The quantitative estimate of drug-likeness (QED) is 0.391. The molecule has 0 amide bonds. The Balaban J connectivity index is 2.99. The fraction of sp³-hybridized carbons (Fsp3) is 0.429. The van der Waals surface area contributed by atoms with Crippen molar-refractivity contribution >= 4 is 38.6 Å². The summed E-state index contributed by atoms with van der Waals surface area (Å²) in [5.41, 5.74) is 0. The SMILES string of the molecule is CCOP(=O)(/C=C(\[Se]c1ccccc1)C(C)Cl)OCC. The van der Waals surface area contributed by atoms with E-state index in [1.54, 1.807) is 19.7 Å². The van der Waals surface area contributed by atoms with Gasteiger partial charge in [-0.15, -0.1) is 0 Å². The molecule has 0 saturated carbocycles. The van der Waals surface area contributed by atoms with Crippen LogP contribution in [0.2, 0.25) is 0 Å². The summed E-state index contributed by atoms with van der Waals surface area (Å²) in [7, 11) is -3.20. The summed E-state index contributed by atoms with van der Waals surface area (Å²) in [4.78, 5) is 0. The minimum absolute atomic E-state index is 0.00624. The van der Waals surface area contributed by atoms with Crippen LogP contribution in [0.4, 0.5) is 0 Å². The molecule has 1 atom stereocenters. The van der Waals surface area contributed by atoms with Crippen LogP contribution in [0, 0.1) is 0 Å². The number of benzene rings is 1. The monoisotopic (exact) mass is 382 g/mol. The molecule has 0 aliphatic rings. The van der Waals surface area contributed by atoms with Gasteiger partial charge in [-0.05, 0) is 0 Å². The number of rotatable bonds is 8. The minimum atomic E-state index is -3.20. The number of allylic oxidation sites excluding steroid dienone is 1. The summed E-state index contributed by atoms with van der Waals surface area (Å²) in [5, 5.41) is -0.204. The van der Waals surface area contributed by atoms with Crippen LogP contribution in [0.1, 0.15) is 20.8 Å². The summed E-state index contributed by atoms with van der Waals surface area (Å²) in [6.45, 7) is 6.16. The van der Waals surface area contributed by atoms with Gasteiger partial charge in [0.1, 0.15) is 0 Å². The maximum absolute atomic E-state index is 12.5. The van der Waals surface area contributed by atoms with Crippen molar-refractivity contribution in [3.8, 4) is 0 Å². The van der Waals surface area contributed by atoms with Crippen molar-refractivity contribution < 1.29 is 13.6 Å². The number of hydrogen-bond donors (Lipinski definition) is 0. The molecular formula is C14H20ClO3PSe. The molecule has 0 aliphatic carbocycles. The normalized spacial score (nSPS) is 14.3. The van der Waals surface area contributed by atoms with Crippen molar-refractivity contribution in [3.05, 3.63) is 40.6 Å². The number of alkyl halides is 1. The second kappa shape index (κ2) is 9.04. The van der Waals surface area contributed by atoms with Gasteiger partial charge in [0.25, 0.3) is 0 Å². The van der Waals surface area contributed by atoms with Gasteiger partial charge >= 0.3 is 132 Å². The number of halogens is 1. The third kappa shape index (κ3) is 6.13. The van der Waals surface area contributed by atoms with Crippen molar-refractivity contribution in [1.82, 2.24) is 0 Å². The molecule has 1 aromatic carbocycles. The molecule has 1 unspecified atom stereocenters. The van der Waals surface area contributed by atoms with Crippen LogP contribution in [0.15, 0.2) is 40.6 Å². The van der Waals surface area contributed by atoms with Crippen LogP contribution in [0.5, 0.6) is 0 Å². The molecule has 0 fully saturated rings. The molecule has 0 heterocycles. The molecule has 3 nitrogen and oxygen atoms in total. The van der Waals surface area contributed by atoms with Crippen LogP contribution in [-0.2, 0) is 13.6 Å². The molecule has 20 heavy (non-hydrogen) atoms. The van der Waals surface area contributed by atoms with Gasteiger partial charge in [-0.1, -0.05) is 0 Å². The molecule has 0 bridgehead atoms. The van der Waals surface area contributed by atoms with Gasteiger partial charge in [0.2, 0.25) is 0 Å². The fourth-order valence-corrected chi connectivity index (χ4v) is 6.05. The van der Waals surface area contributed by atoms with Crippen LogP contribution in [0.25, 0.3) is 0 Å². The van der Waals surface area contributed by atoms with Crippen molar-refractivity contribution in [2.45, 2.75) is 26.1 Å². The summed E-state index contributed by atoms with van der Waals surface area (Å²) < 4.78 is 25.2. The predicted molar refractivity (Wildman–Crippen MR) is 86.1 cm³/mol. The first-order valence-corrected chi connectivity index (χ1v) is 10.3. The maximum atomic E-state index is 12.5. The van der Waals surface area contributed by atoms with Crippen LogP contribution < -0.4 is 4.46 Å². The molecule has 0 spiro atoms. The zero-order chi connectivity index (χ0) is 15.0. The first kappa shape index (κ1) is 18.0. The average molecular weight is 382 g/mol. The van der Waals surface area contributed by atoms with Gasteiger partial charge in [0.05, 0.1) is 0 Å². The Morgan fingerprint density at radius 3 is 2.30 bits per heavy atom. The Bertz CT molecular complexity index is 467. The predicted octanol–water partition coefficient (Wildman–Crippen LogP) is 3.75. The summed E-state index contributed by atoms with van der Waals surface area (Å²) in [6.07, 6.45) is 0. The Kier molecular flexibility index (Phi) is 8.12. The van der Waals surface area contributed by atoms with Gasteiger partial charge < -0.3 is 0 Å². The molecule has 1 rings (SSSR count). The molecule has 0 aliphatic heterocycles. The van der Waals surface area contributed by atoms with E-state index in [2.05, 4.69) is 0 Å². The second-order valence-corrected chi connectivity index (χ2v) is 8.85. The van der Waals surface area contributed by atoms with E-state index in [0.29, 0.717) is 13.2 Å². The summed E-state index contributed by atoms with van der Waals surface area (Å²) in [6, 6.07) is 10.0.